The summed E-state index contributed by atoms with van der Waals surface area (Å²) in [5.74, 6) is 1.51. The summed E-state index contributed by atoms with van der Waals surface area (Å²) in [7, 11) is 0. The third-order valence-corrected chi connectivity index (χ3v) is 7.54. The van der Waals surface area contributed by atoms with Crippen LogP contribution in [0.25, 0.3) is 0 Å². The molecule has 0 aromatic heterocycles. The fourth-order valence-corrected chi connectivity index (χ4v) is 5.98. The van der Waals surface area contributed by atoms with E-state index in [1.165, 1.54) is 0 Å². The van der Waals surface area contributed by atoms with Crippen molar-refractivity contribution in [2.75, 3.05) is 18.0 Å². The Balaban J connectivity index is 1.46. The Morgan fingerprint density at radius 3 is 2.22 bits per heavy atom. The summed E-state index contributed by atoms with van der Waals surface area (Å²) in [5, 5.41) is 0. The summed E-state index contributed by atoms with van der Waals surface area (Å²) in [6.07, 6.45) is 3.52. The molecule has 2 saturated heterocycles. The van der Waals surface area contributed by atoms with Crippen molar-refractivity contribution in [1.29, 1.82) is 0 Å². The molecule has 7 heteroatoms. The van der Waals surface area contributed by atoms with E-state index in [0.29, 0.717) is 24.4 Å². The number of ether oxygens (including phenoxy) is 2. The Morgan fingerprint density at radius 1 is 0.944 bits per heavy atom. The highest BCUT2D eigenvalue weighted by Crippen LogP contribution is 2.51. The van der Waals surface area contributed by atoms with Crippen molar-refractivity contribution < 1.29 is 19.1 Å². The Bertz CT molecular complexity index is 1140. The van der Waals surface area contributed by atoms with Crippen LogP contribution in [0.3, 0.4) is 0 Å². The first-order valence-electron chi connectivity index (χ1n) is 13.2. The molecule has 5 rings (SSSR count). The lowest BCUT2D eigenvalue weighted by molar-refractivity contribution is 0.00612. The van der Waals surface area contributed by atoms with Crippen LogP contribution in [-0.4, -0.2) is 58.6 Å². The molecule has 2 bridgehead atoms. The summed E-state index contributed by atoms with van der Waals surface area (Å²) in [5.41, 5.74) is 2.13. The van der Waals surface area contributed by atoms with Crippen LogP contribution >= 0.6 is 0 Å². The Labute approximate surface area is 214 Å². The molecule has 0 radical (unpaired) electrons. The highest BCUT2D eigenvalue weighted by Gasteiger charge is 2.47. The van der Waals surface area contributed by atoms with Gasteiger partial charge >= 0.3 is 6.09 Å². The van der Waals surface area contributed by atoms with E-state index in [-0.39, 0.29) is 30.1 Å². The molecule has 2 amide bonds. The zero-order chi connectivity index (χ0) is 25.6. The van der Waals surface area contributed by atoms with Crippen molar-refractivity contribution in [1.82, 2.24) is 9.80 Å². The predicted molar refractivity (Wildman–Crippen MR) is 140 cm³/mol. The summed E-state index contributed by atoms with van der Waals surface area (Å²) in [6.45, 7) is 11.1. The lowest BCUT2D eigenvalue weighted by Gasteiger charge is -2.45. The number of para-hydroxylation sites is 2. The number of hydrogen-bond donors (Lipinski definition) is 0. The number of nitrogens with zero attached hydrogens (tertiary/aromatic N) is 3. The minimum atomic E-state index is -0.504. The SMILES string of the molecule is CCN(CC)C(=O)c1ccc2c(c1)Oc1ccccc1N2[C@@H]1C[C@H]2CC[C@@H](C1)N2C(=O)OC(C)(C)C. The molecule has 0 N–H and O–H groups in total. The van der Waals surface area contributed by atoms with Crippen LogP contribution in [0, 0.1) is 0 Å². The topological polar surface area (TPSA) is 62.3 Å². The average molecular weight is 492 g/mol. The Hall–Kier alpha value is -3.22. The standard InChI is InChI=1S/C29H37N3O4/c1-6-30(7-2)27(33)19-12-15-24-26(16-19)35-25-11-9-8-10-23(25)32(24)22-17-20-13-14-21(18-22)31(20)28(34)36-29(3,4)5/h8-12,15-16,20-22H,6-7,13-14,17-18H2,1-5H3/t20-,21+,22-. The lowest BCUT2D eigenvalue weighted by atomic mass is 9.94. The molecule has 0 aliphatic carbocycles. The molecule has 2 aromatic rings. The molecule has 0 unspecified atom stereocenters. The number of carbonyl (C=O) groups excluding carboxylic acids is 2. The van der Waals surface area contributed by atoms with Crippen LogP contribution in [0.15, 0.2) is 42.5 Å². The number of amides is 2. The third kappa shape index (κ3) is 4.40. The summed E-state index contributed by atoms with van der Waals surface area (Å²) in [6, 6.07) is 14.4. The van der Waals surface area contributed by atoms with Gasteiger partial charge in [0.2, 0.25) is 0 Å². The molecular weight excluding hydrogens is 454 g/mol. The first kappa shape index (κ1) is 24.5. The minimum absolute atomic E-state index is 0.0144. The summed E-state index contributed by atoms with van der Waals surface area (Å²) >= 11 is 0. The quantitative estimate of drug-likeness (QED) is 0.499. The van der Waals surface area contributed by atoms with Crippen molar-refractivity contribution in [3.63, 3.8) is 0 Å². The van der Waals surface area contributed by atoms with Gasteiger partial charge in [0.05, 0.1) is 11.4 Å². The van der Waals surface area contributed by atoms with Crippen LogP contribution in [0.2, 0.25) is 0 Å². The molecule has 3 aliphatic heterocycles. The summed E-state index contributed by atoms with van der Waals surface area (Å²) < 4.78 is 12.1. The first-order valence-corrected chi connectivity index (χ1v) is 13.2. The molecule has 2 aromatic carbocycles. The van der Waals surface area contributed by atoms with E-state index in [9.17, 15) is 9.59 Å². The van der Waals surface area contributed by atoms with Gasteiger partial charge in [0.15, 0.2) is 11.5 Å². The third-order valence-electron chi connectivity index (χ3n) is 7.54. The van der Waals surface area contributed by atoms with E-state index in [2.05, 4.69) is 11.0 Å². The number of hydrogen-bond acceptors (Lipinski definition) is 5. The van der Waals surface area contributed by atoms with Gasteiger partial charge in [0.25, 0.3) is 5.91 Å². The van der Waals surface area contributed by atoms with Gasteiger partial charge < -0.3 is 24.2 Å². The maximum Gasteiger partial charge on any atom is 0.410 e. The van der Waals surface area contributed by atoms with Crippen LogP contribution in [0.1, 0.15) is 70.7 Å². The fraction of sp³-hybridized carbons (Fsp3) is 0.517. The molecule has 3 aliphatic rings. The van der Waals surface area contributed by atoms with E-state index in [1.54, 1.807) is 0 Å². The highest BCUT2D eigenvalue weighted by atomic mass is 16.6. The number of piperidine rings is 1. The molecule has 7 nitrogen and oxygen atoms in total. The van der Waals surface area contributed by atoms with E-state index >= 15 is 0 Å². The van der Waals surface area contributed by atoms with Crippen molar-refractivity contribution >= 4 is 23.4 Å². The second-order valence-electron chi connectivity index (χ2n) is 11.0. The van der Waals surface area contributed by atoms with Crippen molar-refractivity contribution in [2.24, 2.45) is 0 Å². The van der Waals surface area contributed by atoms with Gasteiger partial charge in [0, 0.05) is 36.8 Å². The molecule has 3 atom stereocenters. The maximum atomic E-state index is 13.0. The van der Waals surface area contributed by atoms with E-state index in [1.807, 2.05) is 80.8 Å². The Kier molecular flexibility index (Phi) is 6.35. The largest absolute Gasteiger partial charge is 0.453 e. The normalized spacial score (nSPS) is 22.4. The number of anilines is 2. The smallest absolute Gasteiger partial charge is 0.410 e. The molecule has 2 fully saturated rings. The second kappa shape index (κ2) is 9.34. The minimum Gasteiger partial charge on any atom is -0.453 e. The van der Waals surface area contributed by atoms with Crippen LogP contribution < -0.4 is 9.64 Å². The van der Waals surface area contributed by atoms with Gasteiger partial charge in [-0.25, -0.2) is 4.79 Å². The number of carbonyl (C=O) groups is 2. The maximum absolute atomic E-state index is 13.0. The van der Waals surface area contributed by atoms with E-state index in [4.69, 9.17) is 9.47 Å². The second-order valence-corrected chi connectivity index (χ2v) is 11.0. The van der Waals surface area contributed by atoms with E-state index < -0.39 is 5.60 Å². The van der Waals surface area contributed by atoms with Crippen LogP contribution in [0.4, 0.5) is 16.2 Å². The zero-order valence-corrected chi connectivity index (χ0v) is 22.0. The molecule has 0 saturated carbocycles. The Morgan fingerprint density at radius 2 is 1.58 bits per heavy atom. The fourth-order valence-electron chi connectivity index (χ4n) is 5.98. The van der Waals surface area contributed by atoms with Crippen molar-refractivity contribution in [3.8, 4) is 11.5 Å². The molecule has 3 heterocycles. The predicted octanol–water partition coefficient (Wildman–Crippen LogP) is 6.34. The summed E-state index contributed by atoms with van der Waals surface area (Å²) in [4.78, 5) is 32.2. The molecule has 192 valence electrons. The monoisotopic (exact) mass is 491 g/mol. The molecule has 36 heavy (non-hydrogen) atoms. The van der Waals surface area contributed by atoms with Gasteiger partial charge in [-0.1, -0.05) is 12.1 Å². The average Bonchev–Trinajstić information content (AvgIpc) is 3.11. The van der Waals surface area contributed by atoms with Crippen molar-refractivity contribution in [3.05, 3.63) is 48.0 Å². The number of benzene rings is 2. The van der Waals surface area contributed by atoms with Crippen molar-refractivity contribution in [2.45, 2.75) is 84.0 Å². The van der Waals surface area contributed by atoms with Gasteiger partial charge in [-0.05, 0) is 90.6 Å². The van der Waals surface area contributed by atoms with Gasteiger partial charge in [-0.2, -0.15) is 0 Å². The zero-order valence-electron chi connectivity index (χ0n) is 22.0. The number of fused-ring (bicyclic) bond motifs is 4. The number of rotatable bonds is 4. The van der Waals surface area contributed by atoms with Crippen LogP contribution in [0.5, 0.6) is 11.5 Å². The van der Waals surface area contributed by atoms with Crippen LogP contribution in [-0.2, 0) is 4.74 Å². The van der Waals surface area contributed by atoms with Gasteiger partial charge in [0.1, 0.15) is 5.60 Å². The van der Waals surface area contributed by atoms with E-state index in [0.717, 1.165) is 42.8 Å². The lowest BCUT2D eigenvalue weighted by Crippen LogP contribution is -2.53. The molecule has 0 spiro atoms. The molecular formula is C29H37N3O4. The highest BCUT2D eigenvalue weighted by molar-refractivity contribution is 5.96. The van der Waals surface area contributed by atoms with Gasteiger partial charge in [-0.3, -0.25) is 4.79 Å². The first-order chi connectivity index (χ1) is 17.2. The van der Waals surface area contributed by atoms with Gasteiger partial charge in [-0.15, -0.1) is 0 Å².